The number of nitrogens with zero attached hydrogens (tertiary/aromatic N) is 1. The van der Waals surface area contributed by atoms with Crippen LogP contribution >= 0.6 is 12.2 Å². The number of nitrogen functional groups attached to an aromatic ring is 1. The maximum absolute atomic E-state index is 5.56. The summed E-state index contributed by atoms with van der Waals surface area (Å²) in [6, 6.07) is 5.77. The summed E-state index contributed by atoms with van der Waals surface area (Å²) in [5.41, 5.74) is 7.41. The van der Waals surface area contributed by atoms with Gasteiger partial charge in [-0.15, -0.1) is 0 Å². The first-order valence-corrected chi connectivity index (χ1v) is 4.54. The van der Waals surface area contributed by atoms with Crippen molar-refractivity contribution in [2.75, 3.05) is 5.73 Å². The number of fused-ring (bicyclic) bond motifs is 1. The molecule has 2 aromatic rings. The van der Waals surface area contributed by atoms with Gasteiger partial charge in [-0.1, -0.05) is 37.0 Å². The molecule has 0 saturated carbocycles. The molecule has 0 atom stereocenters. The van der Waals surface area contributed by atoms with E-state index in [2.05, 4.69) is 16.5 Å². The molecule has 14 heavy (non-hydrogen) atoms. The summed E-state index contributed by atoms with van der Waals surface area (Å²) in [6.07, 6.45) is 1.75. The average Bonchev–Trinajstić information content (AvgIpc) is 2.16. The minimum atomic E-state index is 0.337. The molecule has 0 unspecified atom stereocenters. The number of nitrogens with one attached hydrogen (secondary N) is 1. The number of hydrogen-bond donors (Lipinski definition) is 2. The van der Waals surface area contributed by atoms with Crippen molar-refractivity contribution in [3.63, 3.8) is 0 Å². The van der Waals surface area contributed by atoms with Gasteiger partial charge in [-0.2, -0.15) is 0 Å². The Bertz CT molecular complexity index is 557. The SMILES string of the molecule is C=Cc1cccc2[nH]c(N)nc(=S)c12. The van der Waals surface area contributed by atoms with Crippen molar-refractivity contribution >= 4 is 35.1 Å². The van der Waals surface area contributed by atoms with Gasteiger partial charge in [-0.05, 0) is 11.6 Å². The quantitative estimate of drug-likeness (QED) is 0.700. The van der Waals surface area contributed by atoms with Gasteiger partial charge >= 0.3 is 0 Å². The summed E-state index contributed by atoms with van der Waals surface area (Å²) in [5, 5.41) is 0.895. The highest BCUT2D eigenvalue weighted by atomic mass is 32.1. The van der Waals surface area contributed by atoms with Gasteiger partial charge in [0, 0.05) is 5.39 Å². The molecule has 70 valence electrons. The molecule has 3 nitrogen and oxygen atoms in total. The normalized spacial score (nSPS) is 10.3. The summed E-state index contributed by atoms with van der Waals surface area (Å²) >= 11 is 5.14. The lowest BCUT2D eigenvalue weighted by molar-refractivity contribution is 1.22. The van der Waals surface area contributed by atoms with E-state index in [-0.39, 0.29) is 0 Å². The zero-order valence-electron chi connectivity index (χ0n) is 7.45. The summed E-state index contributed by atoms with van der Waals surface area (Å²) in [4.78, 5) is 6.96. The summed E-state index contributed by atoms with van der Waals surface area (Å²) in [6.45, 7) is 3.73. The van der Waals surface area contributed by atoms with Crippen LogP contribution in [0.25, 0.3) is 17.0 Å². The van der Waals surface area contributed by atoms with Gasteiger partial charge < -0.3 is 10.7 Å². The van der Waals surface area contributed by atoms with Crippen LogP contribution in [-0.2, 0) is 0 Å². The molecule has 0 spiro atoms. The van der Waals surface area contributed by atoms with Gasteiger partial charge in [0.2, 0.25) is 0 Å². The number of benzene rings is 1. The highest BCUT2D eigenvalue weighted by molar-refractivity contribution is 7.71. The maximum atomic E-state index is 5.56. The van der Waals surface area contributed by atoms with Crippen LogP contribution in [0.3, 0.4) is 0 Å². The summed E-state index contributed by atoms with van der Waals surface area (Å²) in [5.74, 6) is 0.337. The number of H-pyrrole nitrogens is 1. The van der Waals surface area contributed by atoms with Crippen molar-refractivity contribution in [1.29, 1.82) is 0 Å². The van der Waals surface area contributed by atoms with Crippen LogP contribution in [0.1, 0.15) is 5.56 Å². The number of aromatic amines is 1. The Morgan fingerprint density at radius 3 is 3.00 bits per heavy atom. The van der Waals surface area contributed by atoms with Crippen molar-refractivity contribution in [1.82, 2.24) is 9.97 Å². The van der Waals surface area contributed by atoms with Crippen LogP contribution in [0.2, 0.25) is 0 Å². The third-order valence-electron chi connectivity index (χ3n) is 2.02. The lowest BCUT2D eigenvalue weighted by Crippen LogP contribution is -1.96. The Labute approximate surface area is 86.3 Å². The predicted octanol–water partition coefficient (Wildman–Crippen LogP) is 2.52. The Hall–Kier alpha value is -1.68. The fourth-order valence-corrected chi connectivity index (χ4v) is 1.74. The molecule has 0 fully saturated rings. The molecule has 3 N–H and O–H groups in total. The zero-order chi connectivity index (χ0) is 10.1. The molecule has 0 saturated heterocycles. The first-order valence-electron chi connectivity index (χ1n) is 4.13. The molecule has 0 radical (unpaired) electrons. The Morgan fingerprint density at radius 1 is 1.50 bits per heavy atom. The van der Waals surface area contributed by atoms with E-state index in [0.29, 0.717) is 10.6 Å². The third-order valence-corrected chi connectivity index (χ3v) is 2.31. The van der Waals surface area contributed by atoms with Crippen LogP contribution in [-0.4, -0.2) is 9.97 Å². The van der Waals surface area contributed by atoms with E-state index >= 15 is 0 Å². The number of hydrogen-bond acceptors (Lipinski definition) is 3. The predicted molar refractivity (Wildman–Crippen MR) is 61.4 cm³/mol. The van der Waals surface area contributed by atoms with Gasteiger partial charge in [-0.3, -0.25) is 0 Å². The minimum absolute atomic E-state index is 0.337. The van der Waals surface area contributed by atoms with E-state index < -0.39 is 0 Å². The van der Waals surface area contributed by atoms with Crippen molar-refractivity contribution in [2.24, 2.45) is 0 Å². The van der Waals surface area contributed by atoms with E-state index in [1.165, 1.54) is 0 Å². The smallest absolute Gasteiger partial charge is 0.199 e. The van der Waals surface area contributed by atoms with E-state index in [9.17, 15) is 0 Å². The summed E-state index contributed by atoms with van der Waals surface area (Å²) in [7, 11) is 0. The third kappa shape index (κ3) is 1.29. The van der Waals surface area contributed by atoms with Gasteiger partial charge in [0.25, 0.3) is 0 Å². The average molecular weight is 203 g/mol. The Kier molecular flexibility index (Phi) is 2.05. The van der Waals surface area contributed by atoms with Crippen LogP contribution in [0.4, 0.5) is 5.95 Å². The molecule has 0 bridgehead atoms. The van der Waals surface area contributed by atoms with Gasteiger partial charge in [0.15, 0.2) is 5.95 Å². The molecule has 1 aromatic heterocycles. The van der Waals surface area contributed by atoms with Crippen molar-refractivity contribution in [2.45, 2.75) is 0 Å². The van der Waals surface area contributed by atoms with Crippen molar-refractivity contribution in [3.8, 4) is 0 Å². The van der Waals surface area contributed by atoms with E-state index in [4.69, 9.17) is 18.0 Å². The van der Waals surface area contributed by atoms with E-state index in [1.54, 1.807) is 6.08 Å². The second kappa shape index (κ2) is 3.23. The van der Waals surface area contributed by atoms with Gasteiger partial charge in [-0.25, -0.2) is 4.98 Å². The van der Waals surface area contributed by atoms with E-state index in [1.807, 2.05) is 18.2 Å². The van der Waals surface area contributed by atoms with Crippen molar-refractivity contribution in [3.05, 3.63) is 35.0 Å². The number of nitrogens with two attached hydrogens (primary N) is 1. The zero-order valence-corrected chi connectivity index (χ0v) is 8.27. The van der Waals surface area contributed by atoms with Crippen LogP contribution in [0.5, 0.6) is 0 Å². The molecular formula is C10H9N3S. The number of aromatic nitrogens is 2. The number of rotatable bonds is 1. The highest BCUT2D eigenvalue weighted by Crippen LogP contribution is 2.19. The highest BCUT2D eigenvalue weighted by Gasteiger charge is 2.01. The van der Waals surface area contributed by atoms with Crippen LogP contribution in [0, 0.1) is 4.64 Å². The molecular weight excluding hydrogens is 194 g/mol. The Morgan fingerprint density at radius 2 is 2.29 bits per heavy atom. The van der Waals surface area contributed by atoms with Crippen LogP contribution < -0.4 is 5.73 Å². The standard InChI is InChI=1S/C10H9N3S/c1-2-6-4-3-5-7-8(6)9(14)13-10(11)12-7/h2-5H,1H2,(H3,11,12,13,14). The second-order valence-corrected chi connectivity index (χ2v) is 3.29. The van der Waals surface area contributed by atoms with Gasteiger partial charge in [0.1, 0.15) is 4.64 Å². The number of anilines is 1. The maximum Gasteiger partial charge on any atom is 0.199 e. The second-order valence-electron chi connectivity index (χ2n) is 2.90. The lowest BCUT2D eigenvalue weighted by atomic mass is 10.1. The van der Waals surface area contributed by atoms with Crippen molar-refractivity contribution < 1.29 is 0 Å². The molecule has 0 amide bonds. The largest absolute Gasteiger partial charge is 0.369 e. The molecule has 2 rings (SSSR count). The molecule has 0 aliphatic heterocycles. The molecule has 1 heterocycles. The fourth-order valence-electron chi connectivity index (χ4n) is 1.41. The molecule has 1 aromatic carbocycles. The van der Waals surface area contributed by atoms with E-state index in [0.717, 1.165) is 16.5 Å². The van der Waals surface area contributed by atoms with Crippen LogP contribution in [0.15, 0.2) is 24.8 Å². The minimum Gasteiger partial charge on any atom is -0.369 e. The monoisotopic (exact) mass is 203 g/mol. The molecule has 0 aliphatic carbocycles. The topological polar surface area (TPSA) is 54.7 Å². The van der Waals surface area contributed by atoms with Gasteiger partial charge in [0.05, 0.1) is 5.52 Å². The summed E-state index contributed by atoms with van der Waals surface area (Å²) < 4.78 is 0.506. The lowest BCUT2D eigenvalue weighted by Gasteiger charge is -2.02. The Balaban J connectivity index is 3.01. The first-order chi connectivity index (χ1) is 6.72. The first kappa shape index (κ1) is 8.90. The fraction of sp³-hybridized carbons (Fsp3) is 0. The molecule has 0 aliphatic rings. The molecule has 4 heteroatoms.